The van der Waals surface area contributed by atoms with E-state index in [1.807, 2.05) is 23.1 Å². The minimum absolute atomic E-state index is 0.0567. The maximum atomic E-state index is 12.3. The van der Waals surface area contributed by atoms with E-state index in [4.69, 9.17) is 11.5 Å². The highest BCUT2D eigenvalue weighted by molar-refractivity contribution is 7.87. The third kappa shape index (κ3) is 6.37. The van der Waals surface area contributed by atoms with Gasteiger partial charge >= 0.3 is 16.3 Å². The number of nitrogen functional groups attached to an aromatic ring is 1. The quantitative estimate of drug-likeness (QED) is 0.302. The third-order valence-electron chi connectivity index (χ3n) is 6.15. The van der Waals surface area contributed by atoms with Crippen LogP contribution in [0.1, 0.15) is 37.7 Å². The van der Waals surface area contributed by atoms with Crippen molar-refractivity contribution >= 4 is 33.3 Å². The van der Waals surface area contributed by atoms with Crippen LogP contribution >= 0.6 is 0 Å². The molecule has 1 atom stereocenters. The number of rotatable bonds is 10. The predicted molar refractivity (Wildman–Crippen MR) is 129 cm³/mol. The van der Waals surface area contributed by atoms with Crippen molar-refractivity contribution < 1.29 is 22.9 Å². The second-order valence-corrected chi connectivity index (χ2v) is 9.75. The number of carboxylic acids is 1. The van der Waals surface area contributed by atoms with Gasteiger partial charge in [0.2, 0.25) is 0 Å². The Morgan fingerprint density at radius 3 is 2.21 bits per heavy atom. The number of hydrogen-bond donors (Lipinski definition) is 4. The molecule has 33 heavy (non-hydrogen) atoms. The van der Waals surface area contributed by atoms with Gasteiger partial charge in [0.25, 0.3) is 0 Å². The van der Waals surface area contributed by atoms with E-state index in [1.54, 1.807) is 18.2 Å². The number of nitrogens with two attached hydrogens (primary N) is 2. The molecule has 180 valence electrons. The smallest absolute Gasteiger partial charge is 0.359 e. The van der Waals surface area contributed by atoms with E-state index in [2.05, 4.69) is 0 Å². The van der Waals surface area contributed by atoms with Crippen LogP contribution in [0.4, 0.5) is 17.1 Å². The van der Waals surface area contributed by atoms with Crippen LogP contribution in [0.2, 0.25) is 0 Å². The summed E-state index contributed by atoms with van der Waals surface area (Å²) in [5, 5.41) is 10.0. The molecule has 0 spiro atoms. The summed E-state index contributed by atoms with van der Waals surface area (Å²) in [6.07, 6.45) is 5.02. The van der Waals surface area contributed by atoms with Gasteiger partial charge in [-0.15, -0.1) is 0 Å². The summed E-state index contributed by atoms with van der Waals surface area (Å²) >= 11 is 0. The Balaban J connectivity index is 1.92. The first-order valence-corrected chi connectivity index (χ1v) is 12.5. The zero-order valence-corrected chi connectivity index (χ0v) is 19.3. The minimum atomic E-state index is -4.70. The topological polar surface area (TPSA) is 150 Å². The Hall–Kier alpha value is -2.82. The van der Waals surface area contributed by atoms with Gasteiger partial charge in [0.15, 0.2) is 0 Å². The maximum Gasteiger partial charge on any atom is 0.359 e. The fraction of sp³-hybridized carbons (Fsp3) is 0.435. The van der Waals surface area contributed by atoms with Gasteiger partial charge in [-0.1, -0.05) is 43.5 Å². The Bertz CT molecular complexity index is 1040. The fourth-order valence-corrected chi connectivity index (χ4v) is 5.13. The first kappa shape index (κ1) is 24.8. The Morgan fingerprint density at radius 1 is 1.03 bits per heavy atom. The number of benzene rings is 2. The molecule has 2 aromatic carbocycles. The van der Waals surface area contributed by atoms with Crippen LogP contribution in [0.25, 0.3) is 0 Å². The second-order valence-electron chi connectivity index (χ2n) is 8.42. The first-order chi connectivity index (χ1) is 15.7. The number of aliphatic carboxylic acids is 1. The number of carboxylic acid groups (broad SMARTS) is 1. The van der Waals surface area contributed by atoms with Crippen molar-refractivity contribution in [3.05, 3.63) is 54.1 Å². The van der Waals surface area contributed by atoms with E-state index < -0.39 is 28.7 Å². The number of hydrogen-bond acceptors (Lipinski definition) is 6. The van der Waals surface area contributed by atoms with E-state index in [0.29, 0.717) is 5.69 Å². The highest BCUT2D eigenvalue weighted by Crippen LogP contribution is 2.32. The predicted octanol–water partition coefficient (Wildman–Crippen LogP) is 2.88. The van der Waals surface area contributed by atoms with Crippen LogP contribution < -0.4 is 20.7 Å². The SMILES string of the molecule is NCc1ccc(N(CC(CN(c2ccccc2N)C2CCCCC2)C(=O)O)S(=O)(=O)O)cc1. The lowest BCUT2D eigenvalue weighted by atomic mass is 9.92. The van der Waals surface area contributed by atoms with Crippen LogP contribution in [-0.2, 0) is 21.6 Å². The van der Waals surface area contributed by atoms with E-state index in [-0.39, 0.29) is 24.8 Å². The lowest BCUT2D eigenvalue weighted by Crippen LogP contribution is -2.46. The van der Waals surface area contributed by atoms with Gasteiger partial charge in [0.1, 0.15) is 0 Å². The molecule has 1 saturated carbocycles. The molecular formula is C23H32N4O5S. The Kier molecular flexibility index (Phi) is 8.17. The zero-order valence-electron chi connectivity index (χ0n) is 18.5. The van der Waals surface area contributed by atoms with Gasteiger partial charge < -0.3 is 21.5 Å². The summed E-state index contributed by atoms with van der Waals surface area (Å²) in [4.78, 5) is 14.2. The zero-order chi connectivity index (χ0) is 24.0. The number of anilines is 3. The van der Waals surface area contributed by atoms with E-state index in [0.717, 1.165) is 47.7 Å². The first-order valence-electron chi connectivity index (χ1n) is 11.1. The third-order valence-corrected chi connectivity index (χ3v) is 7.07. The Morgan fingerprint density at radius 2 is 1.67 bits per heavy atom. The van der Waals surface area contributed by atoms with Crippen LogP contribution in [-0.4, -0.2) is 43.2 Å². The summed E-state index contributed by atoms with van der Waals surface area (Å²) in [5.41, 5.74) is 14.1. The number of para-hydroxylation sites is 2. The molecule has 10 heteroatoms. The van der Waals surface area contributed by atoms with Crippen molar-refractivity contribution in [1.29, 1.82) is 0 Å². The van der Waals surface area contributed by atoms with Gasteiger partial charge in [0, 0.05) is 19.1 Å². The van der Waals surface area contributed by atoms with Crippen molar-refractivity contribution in [2.45, 2.75) is 44.7 Å². The monoisotopic (exact) mass is 476 g/mol. The summed E-state index contributed by atoms with van der Waals surface area (Å²) in [7, 11) is -4.70. The minimum Gasteiger partial charge on any atom is -0.481 e. The van der Waals surface area contributed by atoms with E-state index in [9.17, 15) is 22.9 Å². The molecule has 1 aliphatic carbocycles. The maximum absolute atomic E-state index is 12.3. The van der Waals surface area contributed by atoms with Crippen molar-refractivity contribution in [3.63, 3.8) is 0 Å². The van der Waals surface area contributed by atoms with Gasteiger partial charge in [-0.25, -0.2) is 4.31 Å². The fourth-order valence-electron chi connectivity index (χ4n) is 4.37. The second kappa shape index (κ2) is 10.9. The highest BCUT2D eigenvalue weighted by Gasteiger charge is 2.32. The molecule has 0 radical (unpaired) electrons. The molecule has 2 aromatic rings. The van der Waals surface area contributed by atoms with Crippen LogP contribution in [0.3, 0.4) is 0 Å². The largest absolute Gasteiger partial charge is 0.481 e. The lowest BCUT2D eigenvalue weighted by molar-refractivity contribution is -0.141. The molecule has 0 aromatic heterocycles. The lowest BCUT2D eigenvalue weighted by Gasteiger charge is -2.39. The van der Waals surface area contributed by atoms with Crippen LogP contribution in [0.5, 0.6) is 0 Å². The van der Waals surface area contributed by atoms with Crippen LogP contribution in [0.15, 0.2) is 48.5 Å². The standard InChI is InChI=1S/C23H32N4O5S/c24-14-17-10-12-20(13-11-17)27(33(30,31)32)16-18(23(28)29)15-26(19-6-2-1-3-7-19)22-9-5-4-8-21(22)25/h4-5,8-13,18-19H,1-3,6-7,14-16,24-25H2,(H,28,29)(H,30,31,32). The number of nitrogens with zero attached hydrogens (tertiary/aromatic N) is 2. The molecule has 1 unspecified atom stereocenters. The molecule has 6 N–H and O–H groups in total. The van der Waals surface area contributed by atoms with Gasteiger partial charge in [-0.05, 0) is 42.7 Å². The molecule has 0 bridgehead atoms. The Labute approximate surface area is 194 Å². The van der Waals surface area contributed by atoms with Gasteiger partial charge in [-0.3, -0.25) is 9.35 Å². The summed E-state index contributed by atoms with van der Waals surface area (Å²) < 4.78 is 35.0. The summed E-state index contributed by atoms with van der Waals surface area (Å²) in [6, 6.07) is 13.7. The van der Waals surface area contributed by atoms with E-state index >= 15 is 0 Å². The molecule has 0 saturated heterocycles. The average molecular weight is 477 g/mol. The molecule has 0 heterocycles. The molecular weight excluding hydrogens is 444 g/mol. The molecule has 9 nitrogen and oxygen atoms in total. The summed E-state index contributed by atoms with van der Waals surface area (Å²) in [5.74, 6) is -2.26. The van der Waals surface area contributed by atoms with Crippen molar-refractivity contribution in [3.8, 4) is 0 Å². The van der Waals surface area contributed by atoms with Crippen molar-refractivity contribution in [2.75, 3.05) is 28.0 Å². The number of carbonyl (C=O) groups is 1. The van der Waals surface area contributed by atoms with Crippen molar-refractivity contribution in [1.82, 2.24) is 0 Å². The summed E-state index contributed by atoms with van der Waals surface area (Å²) in [6.45, 7) is -0.0913. The normalized spacial score (nSPS) is 15.7. The molecule has 0 amide bonds. The molecule has 0 aliphatic heterocycles. The van der Waals surface area contributed by atoms with Gasteiger partial charge in [-0.2, -0.15) is 8.42 Å². The van der Waals surface area contributed by atoms with Gasteiger partial charge in [0.05, 0.1) is 29.5 Å². The highest BCUT2D eigenvalue weighted by atomic mass is 32.2. The average Bonchev–Trinajstić information content (AvgIpc) is 2.80. The molecule has 3 rings (SSSR count). The molecule has 1 aliphatic rings. The van der Waals surface area contributed by atoms with Crippen LogP contribution in [0, 0.1) is 5.92 Å². The molecule has 1 fully saturated rings. The van der Waals surface area contributed by atoms with Crippen molar-refractivity contribution in [2.24, 2.45) is 11.7 Å². The van der Waals surface area contributed by atoms with E-state index in [1.165, 1.54) is 12.1 Å².